The van der Waals surface area contributed by atoms with Gasteiger partial charge in [-0.05, 0) is 25.2 Å². The second kappa shape index (κ2) is 3.95. The number of carbonyl (C=O) groups is 2. The molecule has 1 aliphatic carbocycles. The summed E-state index contributed by atoms with van der Waals surface area (Å²) >= 11 is 0. The lowest BCUT2D eigenvalue weighted by Crippen LogP contribution is -2.31. The first kappa shape index (κ1) is 9.44. The average molecular weight is 193 g/mol. The minimum atomic E-state index is 0.0181. The van der Waals surface area contributed by atoms with Gasteiger partial charge in [0.25, 0.3) is 0 Å². The van der Waals surface area contributed by atoms with Gasteiger partial charge in [0.2, 0.25) is 5.91 Å². The van der Waals surface area contributed by atoms with Crippen molar-refractivity contribution in [2.75, 3.05) is 13.1 Å². The molecule has 1 heterocycles. The second-order valence-corrected chi connectivity index (χ2v) is 4.14. The van der Waals surface area contributed by atoms with Crippen LogP contribution in [0.25, 0.3) is 0 Å². The molecular weight excluding hydrogens is 178 g/mol. The van der Waals surface area contributed by atoms with Crippen molar-refractivity contribution in [2.24, 2.45) is 5.92 Å². The highest BCUT2D eigenvalue weighted by atomic mass is 16.2. The Balaban J connectivity index is 1.88. The number of rotatable bonds is 2. The van der Waals surface area contributed by atoms with Crippen LogP contribution in [-0.4, -0.2) is 29.7 Å². The Morgan fingerprint density at radius 3 is 2.79 bits per heavy atom. The van der Waals surface area contributed by atoms with Crippen LogP contribution in [0.4, 0.5) is 0 Å². The van der Waals surface area contributed by atoms with Crippen molar-refractivity contribution >= 4 is 11.7 Å². The number of carbonyl (C=O) groups excluding carboxylic acids is 2. The Labute approximate surface area is 83.8 Å². The zero-order valence-corrected chi connectivity index (χ0v) is 8.24. The normalized spacial score (nSPS) is 27.4. The summed E-state index contributed by atoms with van der Waals surface area (Å²) in [4.78, 5) is 24.1. The van der Waals surface area contributed by atoms with E-state index in [1.807, 2.05) is 0 Å². The van der Waals surface area contributed by atoms with Crippen LogP contribution in [0.1, 0.15) is 25.7 Å². The first-order chi connectivity index (χ1) is 6.75. The fraction of sp³-hybridized carbons (Fsp3) is 0.636. The van der Waals surface area contributed by atoms with Gasteiger partial charge in [0.15, 0.2) is 5.78 Å². The minimum Gasteiger partial charge on any atom is -0.335 e. The van der Waals surface area contributed by atoms with E-state index >= 15 is 0 Å². The van der Waals surface area contributed by atoms with Crippen LogP contribution >= 0.6 is 0 Å². The molecule has 0 aromatic carbocycles. The molecule has 1 aliphatic heterocycles. The van der Waals surface area contributed by atoms with Crippen molar-refractivity contribution in [2.45, 2.75) is 25.7 Å². The third-order valence-electron chi connectivity index (χ3n) is 2.92. The summed E-state index contributed by atoms with van der Waals surface area (Å²) in [5, 5.41) is 0. The molecule has 2 aliphatic rings. The molecule has 2 rings (SSSR count). The zero-order valence-electron chi connectivity index (χ0n) is 8.24. The van der Waals surface area contributed by atoms with Gasteiger partial charge in [-0.3, -0.25) is 9.59 Å². The SMILES string of the molecule is O=C1CC(=O)N(CC2CC=CCC2)C1. The number of hydrogen-bond donors (Lipinski definition) is 0. The fourth-order valence-electron chi connectivity index (χ4n) is 2.14. The van der Waals surface area contributed by atoms with Crippen LogP contribution in [0.2, 0.25) is 0 Å². The number of amides is 1. The number of allylic oxidation sites excluding steroid dienone is 2. The highest BCUT2D eigenvalue weighted by Gasteiger charge is 2.28. The Hall–Kier alpha value is -1.12. The Bertz CT molecular complexity index is 283. The second-order valence-electron chi connectivity index (χ2n) is 4.14. The highest BCUT2D eigenvalue weighted by molar-refractivity contribution is 6.05. The minimum absolute atomic E-state index is 0.0181. The number of nitrogens with zero attached hydrogens (tertiary/aromatic N) is 1. The molecule has 1 fully saturated rings. The first-order valence-corrected chi connectivity index (χ1v) is 5.20. The molecule has 3 heteroatoms. The molecule has 1 unspecified atom stereocenters. The average Bonchev–Trinajstić information content (AvgIpc) is 2.47. The molecule has 0 aromatic heterocycles. The van der Waals surface area contributed by atoms with E-state index in [4.69, 9.17) is 0 Å². The van der Waals surface area contributed by atoms with Crippen molar-refractivity contribution in [3.05, 3.63) is 12.2 Å². The quantitative estimate of drug-likeness (QED) is 0.487. The molecule has 0 N–H and O–H groups in total. The van der Waals surface area contributed by atoms with Crippen LogP contribution in [-0.2, 0) is 9.59 Å². The maximum Gasteiger partial charge on any atom is 0.230 e. The molecule has 0 spiro atoms. The molecule has 0 saturated carbocycles. The van der Waals surface area contributed by atoms with Gasteiger partial charge in [-0.2, -0.15) is 0 Å². The highest BCUT2D eigenvalue weighted by Crippen LogP contribution is 2.20. The van der Waals surface area contributed by atoms with Gasteiger partial charge in [-0.15, -0.1) is 0 Å². The monoisotopic (exact) mass is 193 g/mol. The maximum atomic E-state index is 11.3. The summed E-state index contributed by atoms with van der Waals surface area (Å²) < 4.78 is 0. The third-order valence-corrected chi connectivity index (χ3v) is 2.92. The predicted molar refractivity (Wildman–Crippen MR) is 52.7 cm³/mol. The summed E-state index contributed by atoms with van der Waals surface area (Å²) in [6.07, 6.45) is 7.81. The largest absolute Gasteiger partial charge is 0.335 e. The number of hydrogen-bond acceptors (Lipinski definition) is 2. The van der Waals surface area contributed by atoms with E-state index in [2.05, 4.69) is 12.2 Å². The molecule has 0 radical (unpaired) electrons. The van der Waals surface area contributed by atoms with Gasteiger partial charge in [-0.25, -0.2) is 0 Å². The van der Waals surface area contributed by atoms with Crippen molar-refractivity contribution in [1.29, 1.82) is 0 Å². The van der Waals surface area contributed by atoms with E-state index in [-0.39, 0.29) is 18.1 Å². The Morgan fingerprint density at radius 2 is 2.21 bits per heavy atom. The van der Waals surface area contributed by atoms with Crippen LogP contribution in [0, 0.1) is 5.92 Å². The van der Waals surface area contributed by atoms with E-state index in [1.165, 1.54) is 0 Å². The standard InChI is InChI=1S/C11H15NO2/c13-10-6-11(14)12(8-10)7-9-4-2-1-3-5-9/h1-2,9H,3-8H2. The van der Waals surface area contributed by atoms with Crippen LogP contribution < -0.4 is 0 Å². The number of ketones is 1. The van der Waals surface area contributed by atoms with Crippen LogP contribution in [0.3, 0.4) is 0 Å². The van der Waals surface area contributed by atoms with Gasteiger partial charge in [0, 0.05) is 6.54 Å². The molecule has 76 valence electrons. The molecule has 0 bridgehead atoms. The van der Waals surface area contributed by atoms with E-state index in [9.17, 15) is 9.59 Å². The third kappa shape index (κ3) is 2.03. The van der Waals surface area contributed by atoms with E-state index in [1.54, 1.807) is 4.90 Å². The molecule has 1 saturated heterocycles. The fourth-order valence-corrected chi connectivity index (χ4v) is 2.14. The van der Waals surface area contributed by atoms with Crippen molar-refractivity contribution in [3.8, 4) is 0 Å². The number of likely N-dealkylation sites (tertiary alicyclic amines) is 1. The van der Waals surface area contributed by atoms with Gasteiger partial charge in [0.05, 0.1) is 13.0 Å². The smallest absolute Gasteiger partial charge is 0.230 e. The first-order valence-electron chi connectivity index (χ1n) is 5.20. The maximum absolute atomic E-state index is 11.3. The van der Waals surface area contributed by atoms with Crippen LogP contribution in [0.15, 0.2) is 12.2 Å². The van der Waals surface area contributed by atoms with E-state index in [0.29, 0.717) is 12.5 Å². The summed E-state index contributed by atoms with van der Waals surface area (Å²) in [6.45, 7) is 1.12. The number of Topliss-reactive ketones (excluding diaryl/α,β-unsaturated/α-hetero) is 1. The zero-order chi connectivity index (χ0) is 9.97. The molecule has 3 nitrogen and oxygen atoms in total. The van der Waals surface area contributed by atoms with E-state index in [0.717, 1.165) is 25.8 Å². The topological polar surface area (TPSA) is 37.4 Å². The van der Waals surface area contributed by atoms with Gasteiger partial charge >= 0.3 is 0 Å². The van der Waals surface area contributed by atoms with Gasteiger partial charge in [-0.1, -0.05) is 12.2 Å². The van der Waals surface area contributed by atoms with Crippen molar-refractivity contribution < 1.29 is 9.59 Å². The summed E-state index contributed by atoms with van der Waals surface area (Å²) in [7, 11) is 0. The molecule has 1 atom stereocenters. The lowest BCUT2D eigenvalue weighted by Gasteiger charge is -2.23. The van der Waals surface area contributed by atoms with Gasteiger partial charge in [0.1, 0.15) is 0 Å². The Kier molecular flexibility index (Phi) is 2.66. The predicted octanol–water partition coefficient (Wildman–Crippen LogP) is 1.14. The summed E-state index contributed by atoms with van der Waals surface area (Å²) in [5.74, 6) is 0.653. The van der Waals surface area contributed by atoms with Crippen molar-refractivity contribution in [1.82, 2.24) is 4.90 Å². The van der Waals surface area contributed by atoms with E-state index < -0.39 is 0 Å². The summed E-state index contributed by atoms with van der Waals surface area (Å²) in [5.41, 5.74) is 0. The molecule has 0 aromatic rings. The Morgan fingerprint density at radius 1 is 1.36 bits per heavy atom. The van der Waals surface area contributed by atoms with Gasteiger partial charge < -0.3 is 4.90 Å². The van der Waals surface area contributed by atoms with Crippen LogP contribution in [0.5, 0.6) is 0 Å². The van der Waals surface area contributed by atoms with Crippen molar-refractivity contribution in [3.63, 3.8) is 0 Å². The molecule has 14 heavy (non-hydrogen) atoms. The summed E-state index contributed by atoms with van der Waals surface area (Å²) in [6, 6.07) is 0. The lowest BCUT2D eigenvalue weighted by molar-refractivity contribution is -0.128. The molecule has 1 amide bonds. The molecular formula is C11H15NO2. The lowest BCUT2D eigenvalue weighted by atomic mass is 9.94.